The average Bonchev–Trinajstić information content (AvgIpc) is 2.67. The largest absolute Gasteiger partial charge is 0.338 e. The SMILES string of the molecule is CC(CCNC(=O)NCc1ccccc1S(=O)(=O)N(C)C)c1ccccc1. The van der Waals surface area contributed by atoms with Gasteiger partial charge >= 0.3 is 6.03 Å². The second-order valence-electron chi connectivity index (χ2n) is 6.61. The van der Waals surface area contributed by atoms with Crippen LogP contribution in [0.15, 0.2) is 59.5 Å². The number of urea groups is 1. The van der Waals surface area contributed by atoms with Gasteiger partial charge in [0.2, 0.25) is 10.0 Å². The van der Waals surface area contributed by atoms with E-state index in [2.05, 4.69) is 29.7 Å². The quantitative estimate of drug-likeness (QED) is 0.729. The smallest absolute Gasteiger partial charge is 0.315 e. The Morgan fingerprint density at radius 3 is 2.30 bits per heavy atom. The van der Waals surface area contributed by atoms with Gasteiger partial charge < -0.3 is 10.6 Å². The van der Waals surface area contributed by atoms with Crippen molar-refractivity contribution in [2.45, 2.75) is 30.7 Å². The van der Waals surface area contributed by atoms with Crippen LogP contribution in [-0.4, -0.2) is 39.4 Å². The third-order valence-corrected chi connectivity index (χ3v) is 6.32. The van der Waals surface area contributed by atoms with Gasteiger partial charge in [0.25, 0.3) is 0 Å². The van der Waals surface area contributed by atoms with Crippen LogP contribution < -0.4 is 10.6 Å². The molecule has 0 saturated heterocycles. The van der Waals surface area contributed by atoms with Crippen molar-refractivity contribution in [1.82, 2.24) is 14.9 Å². The van der Waals surface area contributed by atoms with Crippen molar-refractivity contribution < 1.29 is 13.2 Å². The maximum atomic E-state index is 12.4. The van der Waals surface area contributed by atoms with Crippen molar-refractivity contribution >= 4 is 16.1 Å². The summed E-state index contributed by atoms with van der Waals surface area (Å²) in [5, 5.41) is 5.56. The molecular formula is C20H27N3O3S. The summed E-state index contributed by atoms with van der Waals surface area (Å²) in [6.45, 7) is 2.81. The number of hydrogen-bond acceptors (Lipinski definition) is 3. The molecule has 7 heteroatoms. The zero-order valence-corrected chi connectivity index (χ0v) is 16.8. The molecule has 2 aromatic carbocycles. The van der Waals surface area contributed by atoms with Gasteiger partial charge in [0.15, 0.2) is 0 Å². The van der Waals surface area contributed by atoms with Gasteiger partial charge in [0.05, 0.1) is 4.90 Å². The van der Waals surface area contributed by atoms with E-state index < -0.39 is 10.0 Å². The van der Waals surface area contributed by atoms with Crippen molar-refractivity contribution in [2.75, 3.05) is 20.6 Å². The van der Waals surface area contributed by atoms with Gasteiger partial charge in [-0.15, -0.1) is 0 Å². The standard InChI is InChI=1S/C20H27N3O3S/c1-16(17-9-5-4-6-10-17)13-14-21-20(24)22-15-18-11-7-8-12-19(18)27(25,26)23(2)3/h4-12,16H,13-15H2,1-3H3,(H2,21,22,24). The number of rotatable bonds is 8. The molecule has 0 spiro atoms. The zero-order chi connectivity index (χ0) is 19.9. The molecule has 0 bridgehead atoms. The lowest BCUT2D eigenvalue weighted by atomic mass is 9.98. The fourth-order valence-electron chi connectivity index (χ4n) is 2.69. The minimum atomic E-state index is -3.55. The molecule has 2 amide bonds. The Morgan fingerprint density at radius 2 is 1.63 bits per heavy atom. The molecule has 2 N–H and O–H groups in total. The van der Waals surface area contributed by atoms with Gasteiger partial charge in [-0.05, 0) is 29.5 Å². The number of nitrogens with one attached hydrogen (secondary N) is 2. The first-order chi connectivity index (χ1) is 12.8. The van der Waals surface area contributed by atoms with Gasteiger partial charge in [-0.3, -0.25) is 0 Å². The molecule has 0 heterocycles. The first-order valence-corrected chi connectivity index (χ1v) is 10.3. The fourth-order valence-corrected chi connectivity index (χ4v) is 3.80. The molecule has 1 atom stereocenters. The lowest BCUT2D eigenvalue weighted by Gasteiger charge is -2.16. The highest BCUT2D eigenvalue weighted by atomic mass is 32.2. The molecule has 0 aliphatic heterocycles. The number of carbonyl (C=O) groups is 1. The van der Waals surface area contributed by atoms with Crippen LogP contribution in [0.2, 0.25) is 0 Å². The summed E-state index contributed by atoms with van der Waals surface area (Å²) in [6, 6.07) is 16.5. The van der Waals surface area contributed by atoms with E-state index in [1.807, 2.05) is 18.2 Å². The Bertz CT molecular complexity index is 852. The number of amides is 2. The van der Waals surface area contributed by atoms with Crippen molar-refractivity contribution in [2.24, 2.45) is 0 Å². The summed E-state index contributed by atoms with van der Waals surface area (Å²) >= 11 is 0. The first kappa shape index (κ1) is 20.9. The van der Waals surface area contributed by atoms with Gasteiger partial charge in [-0.2, -0.15) is 0 Å². The summed E-state index contributed by atoms with van der Waals surface area (Å²) in [4.78, 5) is 12.2. The monoisotopic (exact) mass is 389 g/mol. The molecule has 146 valence electrons. The fraction of sp³-hybridized carbons (Fsp3) is 0.350. The number of nitrogens with zero attached hydrogens (tertiary/aromatic N) is 1. The minimum absolute atomic E-state index is 0.142. The molecule has 0 fully saturated rings. The molecule has 0 radical (unpaired) electrons. The molecule has 6 nitrogen and oxygen atoms in total. The maximum absolute atomic E-state index is 12.4. The molecular weight excluding hydrogens is 362 g/mol. The van der Waals surface area contributed by atoms with E-state index in [1.54, 1.807) is 24.3 Å². The van der Waals surface area contributed by atoms with Gasteiger partial charge in [-0.1, -0.05) is 55.5 Å². The van der Waals surface area contributed by atoms with Gasteiger partial charge in [-0.25, -0.2) is 17.5 Å². The average molecular weight is 390 g/mol. The van der Waals surface area contributed by atoms with Crippen LogP contribution in [0.25, 0.3) is 0 Å². The van der Waals surface area contributed by atoms with E-state index in [-0.39, 0.29) is 17.5 Å². The first-order valence-electron chi connectivity index (χ1n) is 8.89. The summed E-state index contributed by atoms with van der Waals surface area (Å²) in [7, 11) is -0.580. The van der Waals surface area contributed by atoms with Crippen LogP contribution in [0.1, 0.15) is 30.4 Å². The van der Waals surface area contributed by atoms with Crippen molar-refractivity contribution in [3.63, 3.8) is 0 Å². The van der Waals surface area contributed by atoms with E-state index in [0.717, 1.165) is 10.7 Å². The van der Waals surface area contributed by atoms with Crippen LogP contribution in [-0.2, 0) is 16.6 Å². The number of benzene rings is 2. The minimum Gasteiger partial charge on any atom is -0.338 e. The Labute approximate surface area is 161 Å². The third kappa shape index (κ3) is 5.80. The zero-order valence-electron chi connectivity index (χ0n) is 16.0. The molecule has 0 aliphatic rings. The Morgan fingerprint density at radius 1 is 1.00 bits per heavy atom. The highest BCUT2D eigenvalue weighted by Gasteiger charge is 2.20. The topological polar surface area (TPSA) is 78.5 Å². The number of hydrogen-bond donors (Lipinski definition) is 2. The predicted molar refractivity (Wildman–Crippen MR) is 107 cm³/mol. The summed E-state index contributed by atoms with van der Waals surface area (Å²) in [6.07, 6.45) is 0.822. The second kappa shape index (κ2) is 9.53. The van der Waals surface area contributed by atoms with Crippen molar-refractivity contribution in [3.05, 3.63) is 65.7 Å². The van der Waals surface area contributed by atoms with Crippen molar-refractivity contribution in [3.8, 4) is 0 Å². The molecule has 0 aliphatic carbocycles. The molecule has 0 saturated carbocycles. The lowest BCUT2D eigenvalue weighted by Crippen LogP contribution is -2.36. The Balaban J connectivity index is 1.86. The van der Waals surface area contributed by atoms with E-state index in [9.17, 15) is 13.2 Å². The van der Waals surface area contributed by atoms with Gasteiger partial charge in [0, 0.05) is 27.2 Å². The third-order valence-electron chi connectivity index (χ3n) is 4.40. The molecule has 2 rings (SSSR count). The van der Waals surface area contributed by atoms with Crippen LogP contribution in [0.5, 0.6) is 0 Å². The van der Waals surface area contributed by atoms with E-state index in [0.29, 0.717) is 18.0 Å². The molecule has 27 heavy (non-hydrogen) atoms. The van der Waals surface area contributed by atoms with Crippen LogP contribution >= 0.6 is 0 Å². The highest BCUT2D eigenvalue weighted by molar-refractivity contribution is 7.89. The lowest BCUT2D eigenvalue weighted by molar-refractivity contribution is 0.240. The van der Waals surface area contributed by atoms with E-state index in [4.69, 9.17) is 0 Å². The molecule has 1 unspecified atom stereocenters. The highest BCUT2D eigenvalue weighted by Crippen LogP contribution is 2.19. The second-order valence-corrected chi connectivity index (χ2v) is 8.73. The van der Waals surface area contributed by atoms with Crippen molar-refractivity contribution in [1.29, 1.82) is 0 Å². The molecule has 2 aromatic rings. The number of sulfonamides is 1. The van der Waals surface area contributed by atoms with E-state index in [1.165, 1.54) is 19.7 Å². The van der Waals surface area contributed by atoms with Crippen LogP contribution in [0.3, 0.4) is 0 Å². The normalized spacial score (nSPS) is 12.6. The summed E-state index contributed by atoms with van der Waals surface area (Å²) in [5.41, 5.74) is 1.79. The maximum Gasteiger partial charge on any atom is 0.315 e. The van der Waals surface area contributed by atoms with E-state index >= 15 is 0 Å². The summed E-state index contributed by atoms with van der Waals surface area (Å²) < 4.78 is 25.9. The Kier molecular flexibility index (Phi) is 7.38. The number of carbonyl (C=O) groups excluding carboxylic acids is 1. The summed E-state index contributed by atoms with van der Waals surface area (Å²) in [5.74, 6) is 0.345. The van der Waals surface area contributed by atoms with Crippen LogP contribution in [0.4, 0.5) is 4.79 Å². The van der Waals surface area contributed by atoms with Crippen LogP contribution in [0, 0.1) is 0 Å². The Hall–Kier alpha value is -2.38. The van der Waals surface area contributed by atoms with Gasteiger partial charge in [0.1, 0.15) is 0 Å². The predicted octanol–water partition coefficient (Wildman–Crippen LogP) is 2.93. The molecule has 0 aromatic heterocycles.